The second-order valence-corrected chi connectivity index (χ2v) is 6.25. The number of nitrogen functional groups attached to an aromatic ring is 1. The van der Waals surface area contributed by atoms with Gasteiger partial charge in [-0.1, -0.05) is 19.1 Å². The van der Waals surface area contributed by atoms with Crippen molar-refractivity contribution in [3.8, 4) is 23.0 Å². The van der Waals surface area contributed by atoms with Crippen molar-refractivity contribution in [1.82, 2.24) is 9.78 Å². The average molecular weight is 334 g/mol. The Morgan fingerprint density at radius 1 is 1.12 bits per heavy atom. The van der Waals surface area contributed by atoms with Gasteiger partial charge >= 0.3 is 0 Å². The van der Waals surface area contributed by atoms with E-state index >= 15 is 0 Å². The first kappa shape index (κ1) is 16.2. The van der Waals surface area contributed by atoms with Crippen molar-refractivity contribution in [1.29, 1.82) is 5.26 Å². The minimum absolute atomic E-state index is 0.471. The third kappa shape index (κ3) is 2.89. The summed E-state index contributed by atoms with van der Waals surface area (Å²) < 4.78 is 1.84. The summed E-state index contributed by atoms with van der Waals surface area (Å²) in [6, 6.07) is 18.1. The first-order valence-electron chi connectivity index (χ1n) is 7.70. The summed E-state index contributed by atoms with van der Waals surface area (Å²) in [5.41, 5.74) is 10.8. The number of nitriles is 1. The van der Waals surface area contributed by atoms with E-state index in [4.69, 9.17) is 5.73 Å². The lowest BCUT2D eigenvalue weighted by molar-refractivity contribution is 0.880. The fourth-order valence-electron chi connectivity index (χ4n) is 2.72. The Hall–Kier alpha value is -2.71. The molecule has 0 bridgehead atoms. The van der Waals surface area contributed by atoms with Gasteiger partial charge in [-0.05, 0) is 49.1 Å². The van der Waals surface area contributed by atoms with Crippen LogP contribution in [0.5, 0.6) is 0 Å². The van der Waals surface area contributed by atoms with E-state index < -0.39 is 0 Å². The van der Waals surface area contributed by atoms with Crippen LogP contribution in [0.3, 0.4) is 0 Å². The molecule has 120 valence electrons. The molecule has 3 aromatic rings. The van der Waals surface area contributed by atoms with Crippen LogP contribution >= 0.6 is 11.8 Å². The van der Waals surface area contributed by atoms with Gasteiger partial charge in [0, 0.05) is 21.7 Å². The first-order chi connectivity index (χ1) is 11.7. The van der Waals surface area contributed by atoms with Gasteiger partial charge in [0.15, 0.2) is 5.69 Å². The van der Waals surface area contributed by atoms with E-state index in [1.165, 1.54) is 4.90 Å². The molecule has 0 saturated heterocycles. The number of anilines is 1. The molecule has 1 heterocycles. The van der Waals surface area contributed by atoms with Crippen molar-refractivity contribution in [2.45, 2.75) is 18.2 Å². The van der Waals surface area contributed by atoms with Crippen LogP contribution in [-0.2, 0) is 6.42 Å². The average Bonchev–Trinajstić information content (AvgIpc) is 3.01. The highest BCUT2D eigenvalue weighted by molar-refractivity contribution is 7.98. The van der Waals surface area contributed by atoms with Gasteiger partial charge in [-0.25, -0.2) is 4.68 Å². The molecule has 1 aromatic heterocycles. The van der Waals surface area contributed by atoms with E-state index in [0.29, 0.717) is 11.4 Å². The van der Waals surface area contributed by atoms with E-state index in [9.17, 15) is 5.26 Å². The Labute approximate surface area is 145 Å². The number of thioether (sulfide) groups is 1. The summed E-state index contributed by atoms with van der Waals surface area (Å²) in [5.74, 6) is 0. The molecular formula is C19H18N4S. The van der Waals surface area contributed by atoms with E-state index in [1.807, 2.05) is 35.9 Å². The van der Waals surface area contributed by atoms with Gasteiger partial charge in [-0.2, -0.15) is 10.4 Å². The van der Waals surface area contributed by atoms with Crippen LogP contribution in [0.4, 0.5) is 5.69 Å². The summed E-state index contributed by atoms with van der Waals surface area (Å²) in [4.78, 5) is 1.20. The van der Waals surface area contributed by atoms with Crippen LogP contribution in [0.15, 0.2) is 53.4 Å². The number of nitrogens with zero attached hydrogens (tertiary/aromatic N) is 3. The second kappa shape index (κ2) is 6.81. The quantitative estimate of drug-likeness (QED) is 0.571. The fourth-order valence-corrected chi connectivity index (χ4v) is 3.13. The van der Waals surface area contributed by atoms with Gasteiger partial charge in [0.2, 0.25) is 0 Å². The zero-order valence-electron chi connectivity index (χ0n) is 13.7. The molecule has 3 rings (SSSR count). The Kier molecular flexibility index (Phi) is 4.59. The van der Waals surface area contributed by atoms with E-state index in [0.717, 1.165) is 28.9 Å². The molecule has 0 aliphatic carbocycles. The number of aromatic nitrogens is 2. The SMILES string of the molecule is CCc1c(C#N)nn(-c2ccc(N)cc2)c1-c1ccc(SC)cc1. The third-order valence-electron chi connectivity index (χ3n) is 3.94. The van der Waals surface area contributed by atoms with E-state index in [-0.39, 0.29) is 0 Å². The van der Waals surface area contributed by atoms with Crippen LogP contribution in [0.1, 0.15) is 18.2 Å². The molecule has 0 amide bonds. The zero-order chi connectivity index (χ0) is 17.1. The van der Waals surface area contributed by atoms with Gasteiger partial charge in [0.05, 0.1) is 11.4 Å². The number of benzene rings is 2. The Bertz CT molecular complexity index is 887. The molecule has 0 spiro atoms. The lowest BCUT2D eigenvalue weighted by Gasteiger charge is -2.10. The normalized spacial score (nSPS) is 10.5. The number of rotatable bonds is 4. The molecular weight excluding hydrogens is 316 g/mol. The molecule has 2 N–H and O–H groups in total. The van der Waals surface area contributed by atoms with Gasteiger partial charge in [0.1, 0.15) is 6.07 Å². The maximum absolute atomic E-state index is 9.46. The van der Waals surface area contributed by atoms with Crippen molar-refractivity contribution in [3.63, 3.8) is 0 Å². The lowest BCUT2D eigenvalue weighted by Crippen LogP contribution is -2.00. The minimum atomic E-state index is 0.471. The summed E-state index contributed by atoms with van der Waals surface area (Å²) in [7, 11) is 0. The van der Waals surface area contributed by atoms with Crippen LogP contribution in [0.25, 0.3) is 16.9 Å². The molecule has 2 aromatic carbocycles. The predicted molar refractivity (Wildman–Crippen MR) is 99.3 cm³/mol. The van der Waals surface area contributed by atoms with Crippen LogP contribution in [-0.4, -0.2) is 16.0 Å². The number of hydrogen-bond acceptors (Lipinski definition) is 4. The highest BCUT2D eigenvalue weighted by Crippen LogP contribution is 2.31. The molecule has 0 fully saturated rings. The van der Waals surface area contributed by atoms with E-state index in [1.54, 1.807) is 11.8 Å². The maximum Gasteiger partial charge on any atom is 0.166 e. The van der Waals surface area contributed by atoms with Crippen molar-refractivity contribution in [2.75, 3.05) is 12.0 Å². The van der Waals surface area contributed by atoms with Crippen molar-refractivity contribution in [2.24, 2.45) is 0 Å². The second-order valence-electron chi connectivity index (χ2n) is 5.37. The van der Waals surface area contributed by atoms with Crippen LogP contribution in [0, 0.1) is 11.3 Å². The third-order valence-corrected chi connectivity index (χ3v) is 4.69. The first-order valence-corrected chi connectivity index (χ1v) is 8.92. The largest absolute Gasteiger partial charge is 0.399 e. The van der Waals surface area contributed by atoms with Gasteiger partial charge in [-0.3, -0.25) is 0 Å². The predicted octanol–water partition coefficient (Wildman–Crippen LogP) is 4.28. The Morgan fingerprint density at radius 2 is 1.79 bits per heavy atom. The summed E-state index contributed by atoms with van der Waals surface area (Å²) in [5, 5.41) is 14.0. The molecule has 24 heavy (non-hydrogen) atoms. The van der Waals surface area contributed by atoms with Gasteiger partial charge in [-0.15, -0.1) is 11.8 Å². The van der Waals surface area contributed by atoms with Gasteiger partial charge < -0.3 is 5.73 Å². The lowest BCUT2D eigenvalue weighted by atomic mass is 10.0. The molecule has 0 saturated carbocycles. The number of nitrogens with two attached hydrogens (primary N) is 1. The highest BCUT2D eigenvalue weighted by Gasteiger charge is 2.19. The molecule has 0 atom stereocenters. The van der Waals surface area contributed by atoms with Crippen molar-refractivity contribution < 1.29 is 0 Å². The molecule has 0 aliphatic heterocycles. The van der Waals surface area contributed by atoms with Crippen molar-refractivity contribution in [3.05, 3.63) is 59.8 Å². The Balaban J connectivity index is 2.23. The fraction of sp³-hybridized carbons (Fsp3) is 0.158. The standard InChI is InChI=1S/C19H18N4S/c1-3-17-18(12-20)22-23(15-8-6-14(21)7-9-15)19(17)13-4-10-16(24-2)11-5-13/h4-11H,3,21H2,1-2H3. The summed E-state index contributed by atoms with van der Waals surface area (Å²) in [6.45, 7) is 2.05. The van der Waals surface area contributed by atoms with Crippen molar-refractivity contribution >= 4 is 17.4 Å². The molecule has 0 unspecified atom stereocenters. The maximum atomic E-state index is 9.46. The monoisotopic (exact) mass is 334 g/mol. The Morgan fingerprint density at radius 3 is 2.33 bits per heavy atom. The van der Waals surface area contributed by atoms with Crippen LogP contribution in [0.2, 0.25) is 0 Å². The van der Waals surface area contributed by atoms with Crippen LogP contribution < -0.4 is 5.73 Å². The summed E-state index contributed by atoms with van der Waals surface area (Å²) >= 11 is 1.71. The van der Waals surface area contributed by atoms with Gasteiger partial charge in [0.25, 0.3) is 0 Å². The summed E-state index contributed by atoms with van der Waals surface area (Å²) in [6.07, 6.45) is 2.80. The highest BCUT2D eigenvalue weighted by atomic mass is 32.2. The molecule has 0 aliphatic rings. The topological polar surface area (TPSA) is 67.6 Å². The zero-order valence-corrected chi connectivity index (χ0v) is 14.5. The van der Waals surface area contributed by atoms with E-state index in [2.05, 4.69) is 41.7 Å². The number of hydrogen-bond donors (Lipinski definition) is 1. The molecule has 5 heteroatoms. The smallest absolute Gasteiger partial charge is 0.166 e. The molecule has 4 nitrogen and oxygen atoms in total. The minimum Gasteiger partial charge on any atom is -0.399 e. The molecule has 0 radical (unpaired) electrons.